The number of nitrogens with two attached hydrogens (primary N) is 1. The van der Waals surface area contributed by atoms with Crippen molar-refractivity contribution in [1.82, 2.24) is 14.8 Å². The van der Waals surface area contributed by atoms with Crippen LogP contribution in [-0.4, -0.2) is 14.8 Å². The second-order valence-corrected chi connectivity index (χ2v) is 6.29. The first-order chi connectivity index (χ1) is 9.78. The van der Waals surface area contributed by atoms with Gasteiger partial charge >= 0.3 is 0 Å². The largest absolute Gasteiger partial charge is 0.326 e. The Labute approximate surface area is 123 Å². The third-order valence-corrected chi connectivity index (χ3v) is 4.82. The maximum atomic E-state index is 5.86. The third-order valence-electron chi connectivity index (χ3n) is 3.71. The smallest absolute Gasteiger partial charge is 0.196 e. The topological polar surface area (TPSA) is 56.7 Å². The Bertz CT molecular complexity index is 606. The summed E-state index contributed by atoms with van der Waals surface area (Å²) in [6, 6.07) is 6.42. The van der Waals surface area contributed by atoms with Gasteiger partial charge in [-0.25, -0.2) is 0 Å². The van der Waals surface area contributed by atoms with E-state index in [9.17, 15) is 0 Å². The van der Waals surface area contributed by atoms with Crippen LogP contribution in [0.3, 0.4) is 0 Å². The van der Waals surface area contributed by atoms with Gasteiger partial charge in [-0.2, -0.15) is 0 Å². The average molecular weight is 288 g/mol. The number of benzene rings is 1. The van der Waals surface area contributed by atoms with Gasteiger partial charge in [0.15, 0.2) is 5.16 Å². The predicted octanol–water partition coefficient (Wildman–Crippen LogP) is 2.92. The molecule has 0 unspecified atom stereocenters. The summed E-state index contributed by atoms with van der Waals surface area (Å²) in [5.41, 5.74) is 8.28. The second kappa shape index (κ2) is 5.97. The molecule has 106 valence electrons. The Kier molecular flexibility index (Phi) is 4.08. The maximum absolute atomic E-state index is 5.86. The first kappa shape index (κ1) is 13.6. The molecule has 3 rings (SSSR count). The van der Waals surface area contributed by atoms with Gasteiger partial charge < -0.3 is 10.3 Å². The van der Waals surface area contributed by atoms with Crippen LogP contribution in [-0.2, 0) is 19.5 Å². The van der Waals surface area contributed by atoms with Crippen LogP contribution in [0.5, 0.6) is 0 Å². The zero-order valence-electron chi connectivity index (χ0n) is 11.8. The lowest BCUT2D eigenvalue weighted by molar-refractivity contribution is 0.591. The summed E-state index contributed by atoms with van der Waals surface area (Å²) in [6.07, 6.45) is 4.77. The molecule has 2 aromatic rings. The standard InChI is InChI=1S/C15H20N4S/c1-11-6-7-13(12(9-11)10-16)20-15-18-17-14-5-3-2-4-8-19(14)15/h6-7,9H,2-5,8,10,16H2,1H3. The zero-order chi connectivity index (χ0) is 13.9. The summed E-state index contributed by atoms with van der Waals surface area (Å²) in [4.78, 5) is 1.19. The van der Waals surface area contributed by atoms with Gasteiger partial charge in [0.25, 0.3) is 0 Å². The van der Waals surface area contributed by atoms with Crippen LogP contribution < -0.4 is 5.73 Å². The Morgan fingerprint density at radius 2 is 2.15 bits per heavy atom. The van der Waals surface area contributed by atoms with Crippen molar-refractivity contribution in [3.63, 3.8) is 0 Å². The van der Waals surface area contributed by atoms with Gasteiger partial charge in [-0.15, -0.1) is 10.2 Å². The minimum absolute atomic E-state index is 0.561. The summed E-state index contributed by atoms with van der Waals surface area (Å²) in [6.45, 7) is 3.69. The van der Waals surface area contributed by atoms with Crippen LogP contribution in [0.2, 0.25) is 0 Å². The number of aryl methyl sites for hydroxylation is 2. The fourth-order valence-corrected chi connectivity index (χ4v) is 3.59. The van der Waals surface area contributed by atoms with Gasteiger partial charge in [-0.3, -0.25) is 0 Å². The molecule has 0 amide bonds. The van der Waals surface area contributed by atoms with Crippen molar-refractivity contribution in [2.75, 3.05) is 0 Å². The first-order valence-corrected chi connectivity index (χ1v) is 7.99. The fourth-order valence-electron chi connectivity index (χ4n) is 2.60. The third kappa shape index (κ3) is 2.74. The highest BCUT2D eigenvalue weighted by Crippen LogP contribution is 2.31. The molecular weight excluding hydrogens is 268 g/mol. The van der Waals surface area contributed by atoms with Crippen molar-refractivity contribution in [2.24, 2.45) is 5.73 Å². The summed E-state index contributed by atoms with van der Waals surface area (Å²) in [5, 5.41) is 9.71. The minimum Gasteiger partial charge on any atom is -0.326 e. The molecule has 0 atom stereocenters. The molecule has 20 heavy (non-hydrogen) atoms. The van der Waals surface area contributed by atoms with Crippen molar-refractivity contribution in [3.8, 4) is 0 Å². The number of hydrogen-bond acceptors (Lipinski definition) is 4. The van der Waals surface area contributed by atoms with Crippen LogP contribution in [0.15, 0.2) is 28.3 Å². The first-order valence-electron chi connectivity index (χ1n) is 7.17. The molecule has 0 saturated heterocycles. The maximum Gasteiger partial charge on any atom is 0.196 e. The Hall–Kier alpha value is -1.33. The lowest BCUT2D eigenvalue weighted by Crippen LogP contribution is -2.03. The van der Waals surface area contributed by atoms with E-state index in [2.05, 4.69) is 39.9 Å². The van der Waals surface area contributed by atoms with E-state index in [1.807, 2.05) is 0 Å². The van der Waals surface area contributed by atoms with E-state index in [4.69, 9.17) is 5.73 Å². The number of rotatable bonds is 3. The highest BCUT2D eigenvalue weighted by atomic mass is 32.2. The van der Waals surface area contributed by atoms with Crippen LogP contribution in [0.1, 0.15) is 36.2 Å². The molecule has 4 nitrogen and oxygen atoms in total. The van der Waals surface area contributed by atoms with E-state index in [-0.39, 0.29) is 0 Å². The van der Waals surface area contributed by atoms with Gasteiger partial charge in [0.2, 0.25) is 0 Å². The van der Waals surface area contributed by atoms with Crippen molar-refractivity contribution in [3.05, 3.63) is 35.2 Å². The molecule has 1 aliphatic rings. The van der Waals surface area contributed by atoms with Crippen molar-refractivity contribution in [1.29, 1.82) is 0 Å². The van der Waals surface area contributed by atoms with Crippen LogP contribution >= 0.6 is 11.8 Å². The molecule has 2 N–H and O–H groups in total. The second-order valence-electron chi connectivity index (χ2n) is 5.28. The molecule has 1 aromatic heterocycles. The number of aromatic nitrogens is 3. The molecule has 0 fully saturated rings. The summed E-state index contributed by atoms with van der Waals surface area (Å²) in [5.74, 6) is 1.13. The predicted molar refractivity (Wildman–Crippen MR) is 80.8 cm³/mol. The average Bonchev–Trinajstić information content (AvgIpc) is 2.69. The summed E-state index contributed by atoms with van der Waals surface area (Å²) < 4.78 is 2.28. The summed E-state index contributed by atoms with van der Waals surface area (Å²) in [7, 11) is 0. The fraction of sp³-hybridized carbons (Fsp3) is 0.467. The van der Waals surface area contributed by atoms with E-state index in [0.29, 0.717) is 6.54 Å². The highest BCUT2D eigenvalue weighted by Gasteiger charge is 2.16. The Balaban J connectivity index is 1.90. The van der Waals surface area contributed by atoms with Gasteiger partial charge in [0, 0.05) is 24.4 Å². The van der Waals surface area contributed by atoms with Crippen molar-refractivity contribution >= 4 is 11.8 Å². The highest BCUT2D eigenvalue weighted by molar-refractivity contribution is 7.99. The molecule has 0 aliphatic carbocycles. The van der Waals surface area contributed by atoms with E-state index in [0.717, 1.165) is 23.9 Å². The number of fused-ring (bicyclic) bond motifs is 1. The van der Waals surface area contributed by atoms with Gasteiger partial charge in [-0.1, -0.05) is 24.1 Å². The van der Waals surface area contributed by atoms with E-state index < -0.39 is 0 Å². The van der Waals surface area contributed by atoms with Crippen LogP contribution in [0.4, 0.5) is 0 Å². The zero-order valence-corrected chi connectivity index (χ0v) is 12.6. The molecule has 0 saturated carbocycles. The normalized spacial score (nSPS) is 14.9. The van der Waals surface area contributed by atoms with E-state index in [1.54, 1.807) is 11.8 Å². The Morgan fingerprint density at radius 3 is 3.00 bits per heavy atom. The van der Waals surface area contributed by atoms with Gasteiger partial charge in [-0.05, 0) is 43.2 Å². The van der Waals surface area contributed by atoms with E-state index in [1.165, 1.54) is 35.3 Å². The lowest BCUT2D eigenvalue weighted by atomic mass is 10.1. The SMILES string of the molecule is Cc1ccc(Sc2nnc3n2CCCCC3)c(CN)c1. The monoisotopic (exact) mass is 288 g/mol. The van der Waals surface area contributed by atoms with Crippen molar-refractivity contribution < 1.29 is 0 Å². The van der Waals surface area contributed by atoms with Crippen molar-refractivity contribution in [2.45, 2.75) is 55.7 Å². The number of nitrogens with zero attached hydrogens (tertiary/aromatic N) is 3. The molecule has 0 bridgehead atoms. The molecule has 1 aliphatic heterocycles. The quantitative estimate of drug-likeness (QED) is 0.943. The van der Waals surface area contributed by atoms with E-state index >= 15 is 0 Å². The van der Waals surface area contributed by atoms with Crippen LogP contribution in [0.25, 0.3) is 0 Å². The number of hydrogen-bond donors (Lipinski definition) is 1. The van der Waals surface area contributed by atoms with Crippen LogP contribution in [0, 0.1) is 6.92 Å². The summed E-state index contributed by atoms with van der Waals surface area (Å²) >= 11 is 1.69. The lowest BCUT2D eigenvalue weighted by Gasteiger charge is -2.10. The van der Waals surface area contributed by atoms with Gasteiger partial charge in [0.1, 0.15) is 5.82 Å². The molecule has 2 heterocycles. The molecule has 5 heteroatoms. The molecule has 0 radical (unpaired) electrons. The van der Waals surface area contributed by atoms with Gasteiger partial charge in [0.05, 0.1) is 0 Å². The molecule has 0 spiro atoms. The Morgan fingerprint density at radius 1 is 1.25 bits per heavy atom. The molecule has 1 aromatic carbocycles. The minimum atomic E-state index is 0.561. The molecular formula is C15H20N4S.